The molecular formula is C16H22N4O2S. The molecule has 0 saturated heterocycles. The summed E-state index contributed by atoms with van der Waals surface area (Å²) in [6.45, 7) is 4.74. The minimum absolute atomic E-state index is 0.0610. The van der Waals surface area contributed by atoms with Crippen LogP contribution in [0.5, 0.6) is 0 Å². The lowest BCUT2D eigenvalue weighted by atomic mass is 9.97. The zero-order chi connectivity index (χ0) is 16.7. The van der Waals surface area contributed by atoms with Crippen LogP contribution in [-0.4, -0.2) is 45.9 Å². The van der Waals surface area contributed by atoms with E-state index < -0.39 is 0 Å². The van der Waals surface area contributed by atoms with Crippen molar-refractivity contribution in [2.45, 2.75) is 26.2 Å². The summed E-state index contributed by atoms with van der Waals surface area (Å²) in [6.07, 6.45) is 0.915. The van der Waals surface area contributed by atoms with Gasteiger partial charge in [-0.2, -0.15) is 0 Å². The molecule has 6 nitrogen and oxygen atoms in total. The van der Waals surface area contributed by atoms with Gasteiger partial charge in [-0.15, -0.1) is 10.2 Å². The minimum Gasteiger partial charge on any atom is -0.395 e. The average Bonchev–Trinajstić information content (AvgIpc) is 3.02. The van der Waals surface area contributed by atoms with E-state index in [2.05, 4.69) is 34.6 Å². The molecule has 2 N–H and O–H groups in total. The van der Waals surface area contributed by atoms with E-state index in [9.17, 15) is 4.79 Å². The van der Waals surface area contributed by atoms with Crippen LogP contribution in [0.15, 0.2) is 30.3 Å². The van der Waals surface area contributed by atoms with E-state index in [1.165, 1.54) is 21.8 Å². The number of urea groups is 1. The number of anilines is 1. The van der Waals surface area contributed by atoms with Crippen molar-refractivity contribution in [2.75, 3.05) is 25.0 Å². The number of nitrogens with zero attached hydrogens (tertiary/aromatic N) is 3. The van der Waals surface area contributed by atoms with Crippen LogP contribution in [-0.2, 0) is 0 Å². The van der Waals surface area contributed by atoms with Crippen LogP contribution in [0.25, 0.3) is 0 Å². The Morgan fingerprint density at radius 3 is 2.65 bits per heavy atom. The Morgan fingerprint density at radius 1 is 1.30 bits per heavy atom. The van der Waals surface area contributed by atoms with Gasteiger partial charge in [0, 0.05) is 19.0 Å². The number of aliphatic hydroxyl groups excluding tert-OH is 1. The maximum Gasteiger partial charge on any atom is 0.323 e. The Balaban J connectivity index is 2.09. The lowest BCUT2D eigenvalue weighted by Crippen LogP contribution is -2.36. The molecule has 124 valence electrons. The molecule has 2 rings (SSSR count). The molecule has 0 aliphatic heterocycles. The number of rotatable bonds is 7. The molecule has 0 radical (unpaired) electrons. The normalized spacial score (nSPS) is 12.0. The van der Waals surface area contributed by atoms with Gasteiger partial charge >= 0.3 is 6.03 Å². The molecule has 0 aliphatic carbocycles. The number of hydrogen-bond donors (Lipinski definition) is 2. The average molecular weight is 334 g/mol. The summed E-state index contributed by atoms with van der Waals surface area (Å²) in [5.41, 5.74) is 1.19. The zero-order valence-electron chi connectivity index (χ0n) is 13.4. The van der Waals surface area contributed by atoms with Crippen molar-refractivity contribution in [1.82, 2.24) is 15.1 Å². The molecule has 0 saturated carbocycles. The fourth-order valence-corrected chi connectivity index (χ4v) is 3.30. The van der Waals surface area contributed by atoms with Crippen molar-refractivity contribution in [3.63, 3.8) is 0 Å². The van der Waals surface area contributed by atoms with Gasteiger partial charge in [0.05, 0.1) is 6.61 Å². The highest BCUT2D eigenvalue weighted by atomic mass is 32.1. The second kappa shape index (κ2) is 8.59. The van der Waals surface area contributed by atoms with Crippen molar-refractivity contribution in [1.29, 1.82) is 0 Å². The van der Waals surface area contributed by atoms with Crippen LogP contribution in [0.3, 0.4) is 0 Å². The van der Waals surface area contributed by atoms with Crippen LogP contribution in [0.2, 0.25) is 0 Å². The highest BCUT2D eigenvalue weighted by Crippen LogP contribution is 2.31. The number of benzene rings is 1. The lowest BCUT2D eigenvalue weighted by Gasteiger charge is -2.18. The van der Waals surface area contributed by atoms with E-state index >= 15 is 0 Å². The quantitative estimate of drug-likeness (QED) is 0.816. The molecule has 1 aromatic carbocycles. The van der Waals surface area contributed by atoms with E-state index in [0.717, 1.165) is 11.4 Å². The summed E-state index contributed by atoms with van der Waals surface area (Å²) < 4.78 is 0. The molecule has 0 bridgehead atoms. The molecule has 1 atom stereocenters. The van der Waals surface area contributed by atoms with Gasteiger partial charge in [0.1, 0.15) is 5.01 Å². The monoisotopic (exact) mass is 334 g/mol. The Labute approximate surface area is 140 Å². The maximum atomic E-state index is 12.1. The van der Waals surface area contributed by atoms with Crippen molar-refractivity contribution < 1.29 is 9.90 Å². The number of carbonyl (C=O) groups is 1. The minimum atomic E-state index is -0.267. The summed E-state index contributed by atoms with van der Waals surface area (Å²) >= 11 is 1.39. The predicted octanol–water partition coefficient (Wildman–Crippen LogP) is 2.93. The van der Waals surface area contributed by atoms with E-state index in [0.29, 0.717) is 18.2 Å². The molecule has 1 unspecified atom stereocenters. The van der Waals surface area contributed by atoms with E-state index in [1.807, 2.05) is 25.1 Å². The van der Waals surface area contributed by atoms with Crippen molar-refractivity contribution >= 4 is 22.5 Å². The van der Waals surface area contributed by atoms with Gasteiger partial charge in [0.15, 0.2) is 0 Å². The second-order valence-corrected chi connectivity index (χ2v) is 6.06. The first-order valence-corrected chi connectivity index (χ1v) is 8.56. The van der Waals surface area contributed by atoms with Gasteiger partial charge in [-0.1, -0.05) is 48.6 Å². The molecule has 2 aromatic rings. The van der Waals surface area contributed by atoms with E-state index in [1.54, 1.807) is 0 Å². The Hall–Kier alpha value is -1.99. The van der Waals surface area contributed by atoms with Crippen LogP contribution >= 0.6 is 11.3 Å². The molecule has 2 amide bonds. The third kappa shape index (κ3) is 4.49. The molecule has 1 aromatic heterocycles. The van der Waals surface area contributed by atoms with Crippen molar-refractivity contribution in [3.8, 4) is 0 Å². The van der Waals surface area contributed by atoms with Crippen LogP contribution in [0.4, 0.5) is 9.93 Å². The summed E-state index contributed by atoms with van der Waals surface area (Å²) in [5, 5.41) is 21.4. The number of nitrogens with one attached hydrogen (secondary N) is 1. The first-order valence-electron chi connectivity index (χ1n) is 7.74. The van der Waals surface area contributed by atoms with Gasteiger partial charge < -0.3 is 10.0 Å². The topological polar surface area (TPSA) is 78.4 Å². The van der Waals surface area contributed by atoms with Gasteiger partial charge in [0.2, 0.25) is 5.13 Å². The number of likely N-dealkylation sites (N-methyl/N-ethyl adjacent to an activating group) is 1. The van der Waals surface area contributed by atoms with Crippen LogP contribution in [0.1, 0.15) is 36.8 Å². The number of amides is 2. The van der Waals surface area contributed by atoms with E-state index in [4.69, 9.17) is 5.11 Å². The maximum absolute atomic E-state index is 12.1. The summed E-state index contributed by atoms with van der Waals surface area (Å²) in [6, 6.07) is 9.90. The third-order valence-corrected chi connectivity index (χ3v) is 4.55. The predicted molar refractivity (Wildman–Crippen MR) is 91.8 cm³/mol. The van der Waals surface area contributed by atoms with Gasteiger partial charge in [0.25, 0.3) is 0 Å². The molecule has 23 heavy (non-hydrogen) atoms. The smallest absolute Gasteiger partial charge is 0.323 e. The number of aromatic nitrogens is 2. The second-order valence-electron chi connectivity index (χ2n) is 5.05. The fraction of sp³-hybridized carbons (Fsp3) is 0.438. The van der Waals surface area contributed by atoms with Gasteiger partial charge in [-0.25, -0.2) is 4.79 Å². The third-order valence-electron chi connectivity index (χ3n) is 3.60. The SMILES string of the molecule is CCC(c1ccccc1)c1nnc(NC(=O)N(CC)CCO)s1. The first-order chi connectivity index (χ1) is 11.2. The van der Waals surface area contributed by atoms with Crippen molar-refractivity contribution in [2.24, 2.45) is 0 Å². The number of hydrogen-bond acceptors (Lipinski definition) is 5. The Kier molecular flexibility index (Phi) is 6.49. The number of carbonyl (C=O) groups excluding carboxylic acids is 1. The zero-order valence-corrected chi connectivity index (χ0v) is 14.2. The summed E-state index contributed by atoms with van der Waals surface area (Å²) in [4.78, 5) is 13.6. The standard InChI is InChI=1S/C16H22N4O2S/c1-3-13(12-8-6-5-7-9-12)14-18-19-15(23-14)17-16(22)20(4-2)10-11-21/h5-9,13,21H,3-4,10-11H2,1-2H3,(H,17,19,22). The fourth-order valence-electron chi connectivity index (χ4n) is 2.36. The summed E-state index contributed by atoms with van der Waals surface area (Å²) in [7, 11) is 0. The molecule has 7 heteroatoms. The van der Waals surface area contributed by atoms with Gasteiger partial charge in [-0.05, 0) is 18.9 Å². The van der Waals surface area contributed by atoms with Crippen LogP contribution in [0, 0.1) is 0 Å². The first kappa shape index (κ1) is 17.4. The van der Waals surface area contributed by atoms with Crippen molar-refractivity contribution in [3.05, 3.63) is 40.9 Å². The van der Waals surface area contributed by atoms with Crippen LogP contribution < -0.4 is 5.32 Å². The molecule has 0 fully saturated rings. The highest BCUT2D eigenvalue weighted by Gasteiger charge is 2.19. The largest absolute Gasteiger partial charge is 0.395 e. The lowest BCUT2D eigenvalue weighted by molar-refractivity contribution is 0.192. The Morgan fingerprint density at radius 2 is 2.04 bits per heavy atom. The molecule has 0 spiro atoms. The molecule has 1 heterocycles. The summed E-state index contributed by atoms with van der Waals surface area (Å²) in [5.74, 6) is 0.180. The van der Waals surface area contributed by atoms with Gasteiger partial charge in [-0.3, -0.25) is 5.32 Å². The van der Waals surface area contributed by atoms with E-state index in [-0.39, 0.29) is 18.6 Å². The number of aliphatic hydroxyl groups is 1. The molecular weight excluding hydrogens is 312 g/mol. The highest BCUT2D eigenvalue weighted by molar-refractivity contribution is 7.15. The Bertz CT molecular complexity index is 618. The molecule has 0 aliphatic rings.